The summed E-state index contributed by atoms with van der Waals surface area (Å²) in [5, 5.41) is 4.24. The fourth-order valence-corrected chi connectivity index (χ4v) is 1.66. The number of nitrogens with one attached hydrogen (secondary N) is 1. The summed E-state index contributed by atoms with van der Waals surface area (Å²) in [6.07, 6.45) is 4.53. The summed E-state index contributed by atoms with van der Waals surface area (Å²) in [6.45, 7) is 0. The maximum absolute atomic E-state index is 3.95. The van der Waals surface area contributed by atoms with Crippen LogP contribution in [0.5, 0.6) is 0 Å². The van der Waals surface area contributed by atoms with Crippen LogP contribution in [-0.2, 0) is 6.42 Å². The second kappa shape index (κ2) is 4.28. The van der Waals surface area contributed by atoms with Crippen LogP contribution in [0.2, 0.25) is 0 Å². The molecule has 2 aromatic heterocycles. The Hall–Kier alpha value is -0.800. The molecule has 0 saturated heterocycles. The van der Waals surface area contributed by atoms with Gasteiger partial charge in [-0.15, -0.1) is 12.4 Å². The Morgan fingerprint density at radius 3 is 3.00 bits per heavy atom. The molecule has 0 radical (unpaired) electrons. The summed E-state index contributed by atoms with van der Waals surface area (Å²) in [5.41, 5.74) is 2.52. The van der Waals surface area contributed by atoms with Crippen LogP contribution in [0.4, 0.5) is 0 Å². The van der Waals surface area contributed by atoms with Crippen molar-refractivity contribution < 1.29 is 0 Å². The van der Waals surface area contributed by atoms with Gasteiger partial charge in [0.15, 0.2) is 0 Å². The Morgan fingerprint density at radius 1 is 1.50 bits per heavy atom. The van der Waals surface area contributed by atoms with Gasteiger partial charge in [-0.3, -0.25) is 0 Å². The predicted octanol–water partition coefficient (Wildman–Crippen LogP) is 2.48. The number of rotatable bonds is 2. The summed E-state index contributed by atoms with van der Waals surface area (Å²) >= 11 is 1.73. The van der Waals surface area contributed by atoms with E-state index in [1.54, 1.807) is 17.7 Å². The van der Waals surface area contributed by atoms with Crippen LogP contribution in [0.15, 0.2) is 29.4 Å². The van der Waals surface area contributed by atoms with Gasteiger partial charge in [0.2, 0.25) is 0 Å². The van der Waals surface area contributed by atoms with Crippen molar-refractivity contribution in [3.63, 3.8) is 0 Å². The van der Waals surface area contributed by atoms with Crippen molar-refractivity contribution in [2.24, 2.45) is 0 Å². The van der Waals surface area contributed by atoms with Gasteiger partial charge < -0.3 is 4.98 Å². The number of nitrogens with zero attached hydrogens (tertiary/aromatic N) is 1. The number of hydrogen-bond donors (Lipinski definition) is 1. The molecule has 4 heteroatoms. The average Bonchev–Trinajstić information content (AvgIpc) is 2.60. The smallest absolute Gasteiger partial charge is 0.0921 e. The Morgan fingerprint density at radius 2 is 2.42 bits per heavy atom. The maximum Gasteiger partial charge on any atom is 0.0921 e. The number of aromatic amines is 1. The van der Waals surface area contributed by atoms with E-state index in [1.165, 1.54) is 11.3 Å². The third-order valence-corrected chi connectivity index (χ3v) is 2.26. The van der Waals surface area contributed by atoms with Crippen molar-refractivity contribution in [2.75, 3.05) is 0 Å². The Balaban J connectivity index is 0.000000720. The molecule has 2 nitrogen and oxygen atoms in total. The molecule has 2 rings (SSSR count). The summed E-state index contributed by atoms with van der Waals surface area (Å²) < 4.78 is 0. The molecule has 0 aromatic carbocycles. The molecule has 0 aliphatic rings. The molecule has 2 aromatic rings. The quantitative estimate of drug-likeness (QED) is 0.793. The number of halogens is 1. The van der Waals surface area contributed by atoms with Gasteiger partial charge in [-0.25, -0.2) is 4.98 Å². The second-order valence-corrected chi connectivity index (χ2v) is 3.17. The van der Waals surface area contributed by atoms with Crippen LogP contribution in [0.25, 0.3) is 0 Å². The van der Waals surface area contributed by atoms with Gasteiger partial charge >= 0.3 is 0 Å². The summed E-state index contributed by atoms with van der Waals surface area (Å²) in [6, 6.07) is 2.13. The molecule has 2 heterocycles. The molecule has 0 aliphatic heterocycles. The molecule has 0 amide bonds. The van der Waals surface area contributed by atoms with Gasteiger partial charge in [-0.2, -0.15) is 11.3 Å². The monoisotopic (exact) mass is 200 g/mol. The SMILES string of the molecule is Cl.c1ncc(Cc2ccsc2)[nH]1. The summed E-state index contributed by atoms with van der Waals surface area (Å²) in [7, 11) is 0. The van der Waals surface area contributed by atoms with Crippen LogP contribution in [-0.4, -0.2) is 9.97 Å². The molecule has 0 saturated carbocycles. The van der Waals surface area contributed by atoms with Crippen molar-refractivity contribution in [2.45, 2.75) is 6.42 Å². The van der Waals surface area contributed by atoms with Crippen LogP contribution in [0, 0.1) is 0 Å². The minimum atomic E-state index is 0. The van der Waals surface area contributed by atoms with Gasteiger partial charge in [-0.05, 0) is 22.4 Å². The third-order valence-electron chi connectivity index (χ3n) is 1.53. The zero-order chi connectivity index (χ0) is 7.52. The Kier molecular flexibility index (Phi) is 3.31. The second-order valence-electron chi connectivity index (χ2n) is 2.39. The molecule has 0 bridgehead atoms. The van der Waals surface area contributed by atoms with Crippen LogP contribution >= 0.6 is 23.7 Å². The Bertz CT molecular complexity index is 269. The van der Waals surface area contributed by atoms with E-state index in [0.29, 0.717) is 0 Å². The fourth-order valence-electron chi connectivity index (χ4n) is 0.995. The minimum absolute atomic E-state index is 0. The predicted molar refractivity (Wildman–Crippen MR) is 53.0 cm³/mol. The normalized spacial score (nSPS) is 9.33. The minimum Gasteiger partial charge on any atom is -0.348 e. The van der Waals surface area contributed by atoms with Crippen molar-refractivity contribution in [3.05, 3.63) is 40.6 Å². The molecule has 0 spiro atoms. The fraction of sp³-hybridized carbons (Fsp3) is 0.125. The zero-order valence-corrected chi connectivity index (χ0v) is 7.99. The molecule has 0 fully saturated rings. The number of imidazole rings is 1. The highest BCUT2D eigenvalue weighted by molar-refractivity contribution is 7.07. The van der Waals surface area contributed by atoms with Crippen molar-refractivity contribution in [1.82, 2.24) is 9.97 Å². The molecule has 1 N–H and O–H groups in total. The van der Waals surface area contributed by atoms with Crippen molar-refractivity contribution >= 4 is 23.7 Å². The van der Waals surface area contributed by atoms with Crippen LogP contribution in [0.3, 0.4) is 0 Å². The summed E-state index contributed by atoms with van der Waals surface area (Å²) in [4.78, 5) is 7.02. The van der Waals surface area contributed by atoms with E-state index >= 15 is 0 Å². The molecule has 0 unspecified atom stereocenters. The van der Waals surface area contributed by atoms with E-state index in [0.717, 1.165) is 6.42 Å². The molecule has 12 heavy (non-hydrogen) atoms. The number of thiophene rings is 1. The van der Waals surface area contributed by atoms with Gasteiger partial charge in [0.25, 0.3) is 0 Å². The van der Waals surface area contributed by atoms with Crippen molar-refractivity contribution in [1.29, 1.82) is 0 Å². The lowest BCUT2D eigenvalue weighted by molar-refractivity contribution is 1.12. The highest BCUT2D eigenvalue weighted by Crippen LogP contribution is 2.09. The first-order chi connectivity index (χ1) is 5.45. The number of hydrogen-bond acceptors (Lipinski definition) is 2. The van der Waals surface area contributed by atoms with Gasteiger partial charge in [0, 0.05) is 18.3 Å². The molecule has 0 aliphatic carbocycles. The number of aromatic nitrogens is 2. The van der Waals surface area contributed by atoms with E-state index in [2.05, 4.69) is 26.8 Å². The van der Waals surface area contributed by atoms with E-state index in [1.807, 2.05) is 6.20 Å². The third kappa shape index (κ3) is 2.09. The topological polar surface area (TPSA) is 28.7 Å². The highest BCUT2D eigenvalue weighted by Gasteiger charge is 1.95. The standard InChI is InChI=1S/C8H8N2S.ClH/c1-2-11-5-7(1)3-8-4-9-6-10-8;/h1-2,4-6H,3H2,(H,9,10);1H. The lowest BCUT2D eigenvalue weighted by Gasteiger charge is -1.90. The van der Waals surface area contributed by atoms with Crippen LogP contribution in [0.1, 0.15) is 11.3 Å². The largest absolute Gasteiger partial charge is 0.348 e. The molecule has 0 atom stereocenters. The van der Waals surface area contributed by atoms with E-state index in [-0.39, 0.29) is 12.4 Å². The first-order valence-corrected chi connectivity index (χ1v) is 4.38. The molecular weight excluding hydrogens is 192 g/mol. The van der Waals surface area contributed by atoms with Gasteiger partial charge in [0.1, 0.15) is 0 Å². The number of H-pyrrole nitrogens is 1. The maximum atomic E-state index is 3.95. The van der Waals surface area contributed by atoms with Crippen LogP contribution < -0.4 is 0 Å². The molecular formula is C8H9ClN2S. The summed E-state index contributed by atoms with van der Waals surface area (Å²) in [5.74, 6) is 0. The van der Waals surface area contributed by atoms with Gasteiger partial charge in [0.05, 0.1) is 6.33 Å². The van der Waals surface area contributed by atoms with E-state index < -0.39 is 0 Å². The highest BCUT2D eigenvalue weighted by atomic mass is 35.5. The lowest BCUT2D eigenvalue weighted by atomic mass is 10.2. The average molecular weight is 201 g/mol. The zero-order valence-electron chi connectivity index (χ0n) is 6.36. The lowest BCUT2D eigenvalue weighted by Crippen LogP contribution is -1.83. The van der Waals surface area contributed by atoms with E-state index in [4.69, 9.17) is 0 Å². The van der Waals surface area contributed by atoms with E-state index in [9.17, 15) is 0 Å². The first kappa shape index (κ1) is 9.29. The Labute approximate surface area is 81.1 Å². The first-order valence-electron chi connectivity index (χ1n) is 3.43. The van der Waals surface area contributed by atoms with Crippen molar-refractivity contribution in [3.8, 4) is 0 Å². The van der Waals surface area contributed by atoms with Gasteiger partial charge in [-0.1, -0.05) is 0 Å². The molecule has 64 valence electrons.